The van der Waals surface area contributed by atoms with Crippen molar-refractivity contribution in [1.29, 1.82) is 0 Å². The maximum atomic E-state index is 12.4. The van der Waals surface area contributed by atoms with E-state index < -0.39 is 0 Å². The lowest BCUT2D eigenvalue weighted by atomic mass is 9.93. The monoisotopic (exact) mass is 286 g/mol. The van der Waals surface area contributed by atoms with Crippen LogP contribution in [0.4, 0.5) is 11.4 Å². The van der Waals surface area contributed by atoms with Gasteiger partial charge in [0.25, 0.3) is 0 Å². The molecule has 21 heavy (non-hydrogen) atoms. The first-order valence-electron chi connectivity index (χ1n) is 7.72. The van der Waals surface area contributed by atoms with Crippen LogP contribution >= 0.6 is 0 Å². The van der Waals surface area contributed by atoms with Gasteiger partial charge in [-0.2, -0.15) is 0 Å². The summed E-state index contributed by atoms with van der Waals surface area (Å²) in [6.45, 7) is 3.24. The van der Waals surface area contributed by atoms with E-state index in [2.05, 4.69) is 28.4 Å². The number of anilines is 2. The zero-order valence-corrected chi connectivity index (χ0v) is 12.3. The lowest BCUT2D eigenvalue weighted by Crippen LogP contribution is -2.37. The van der Waals surface area contributed by atoms with Crippen molar-refractivity contribution in [2.75, 3.05) is 36.5 Å². The predicted molar refractivity (Wildman–Crippen MR) is 84.6 cm³/mol. The number of rotatable bonds is 3. The lowest BCUT2D eigenvalue weighted by Gasteiger charge is -2.31. The summed E-state index contributed by atoms with van der Waals surface area (Å²) in [5, 5.41) is 3.12. The number of amides is 1. The number of para-hydroxylation sites is 2. The van der Waals surface area contributed by atoms with Crippen LogP contribution in [0.2, 0.25) is 0 Å². The van der Waals surface area contributed by atoms with Crippen LogP contribution in [0.3, 0.4) is 0 Å². The third-order valence-corrected chi connectivity index (χ3v) is 4.15. The Kier molecular flexibility index (Phi) is 4.55. The van der Waals surface area contributed by atoms with Gasteiger partial charge in [-0.3, -0.25) is 4.79 Å². The minimum Gasteiger partial charge on any atom is -0.378 e. The van der Waals surface area contributed by atoms with Gasteiger partial charge in [0.05, 0.1) is 24.6 Å². The molecule has 4 nitrogen and oxygen atoms in total. The molecule has 0 bridgehead atoms. The molecular weight excluding hydrogens is 264 g/mol. The molecule has 3 rings (SSSR count). The number of ether oxygens (including phenoxy) is 1. The first-order chi connectivity index (χ1) is 10.3. The number of carbonyl (C=O) groups is 1. The van der Waals surface area contributed by atoms with E-state index in [4.69, 9.17) is 4.74 Å². The van der Waals surface area contributed by atoms with Crippen LogP contribution in [0.15, 0.2) is 36.4 Å². The highest BCUT2D eigenvalue weighted by atomic mass is 16.5. The first-order valence-corrected chi connectivity index (χ1v) is 7.72. The van der Waals surface area contributed by atoms with Gasteiger partial charge in [0.15, 0.2) is 0 Å². The summed E-state index contributed by atoms with van der Waals surface area (Å²) >= 11 is 0. The molecule has 1 atom stereocenters. The van der Waals surface area contributed by atoms with Gasteiger partial charge in [0.2, 0.25) is 5.91 Å². The maximum Gasteiger partial charge on any atom is 0.227 e. The second-order valence-electron chi connectivity index (χ2n) is 5.59. The van der Waals surface area contributed by atoms with E-state index in [0.29, 0.717) is 0 Å². The van der Waals surface area contributed by atoms with Crippen LogP contribution in [0.5, 0.6) is 0 Å². The summed E-state index contributed by atoms with van der Waals surface area (Å²) in [5.74, 6) is 0.243. The summed E-state index contributed by atoms with van der Waals surface area (Å²) in [6, 6.07) is 8.05. The van der Waals surface area contributed by atoms with Gasteiger partial charge in [0.1, 0.15) is 0 Å². The molecule has 0 radical (unpaired) electrons. The van der Waals surface area contributed by atoms with Crippen molar-refractivity contribution < 1.29 is 9.53 Å². The highest BCUT2D eigenvalue weighted by molar-refractivity contribution is 5.96. The fourth-order valence-corrected chi connectivity index (χ4v) is 2.93. The fraction of sp³-hybridized carbons (Fsp3) is 0.471. The first kappa shape index (κ1) is 14.1. The molecule has 1 aliphatic carbocycles. The van der Waals surface area contributed by atoms with Crippen LogP contribution in [0.25, 0.3) is 0 Å². The molecule has 0 unspecified atom stereocenters. The van der Waals surface area contributed by atoms with E-state index in [9.17, 15) is 4.79 Å². The minimum atomic E-state index is 0.104. The number of hydrogen-bond acceptors (Lipinski definition) is 3. The van der Waals surface area contributed by atoms with Gasteiger partial charge in [-0.25, -0.2) is 0 Å². The van der Waals surface area contributed by atoms with Gasteiger partial charge in [-0.1, -0.05) is 24.3 Å². The Balaban J connectivity index is 1.72. The summed E-state index contributed by atoms with van der Waals surface area (Å²) in [7, 11) is 0. The molecular formula is C17H22N2O2. The van der Waals surface area contributed by atoms with Crippen molar-refractivity contribution in [2.24, 2.45) is 5.92 Å². The normalized spacial score (nSPS) is 22.1. The van der Waals surface area contributed by atoms with Crippen molar-refractivity contribution in [1.82, 2.24) is 0 Å². The Bertz CT molecular complexity index is 521. The standard InChI is InChI=1S/C17H22N2O2/c20-17(14-6-2-1-3-7-14)18-15-8-4-5-9-16(15)19-10-12-21-13-11-19/h1-2,4-5,8-9,14H,3,6-7,10-13H2,(H,18,20)/t14-/m0/s1. The van der Waals surface area contributed by atoms with Crippen molar-refractivity contribution in [3.8, 4) is 0 Å². The zero-order chi connectivity index (χ0) is 14.5. The highest BCUT2D eigenvalue weighted by Gasteiger charge is 2.21. The summed E-state index contributed by atoms with van der Waals surface area (Å²) in [6.07, 6.45) is 7.07. The molecule has 0 aromatic heterocycles. The Hall–Kier alpha value is -1.81. The molecule has 1 aromatic carbocycles. The highest BCUT2D eigenvalue weighted by Crippen LogP contribution is 2.28. The summed E-state index contributed by atoms with van der Waals surface area (Å²) < 4.78 is 5.40. The molecule has 1 aromatic rings. The Labute approximate surface area is 125 Å². The van der Waals surface area contributed by atoms with E-state index in [1.807, 2.05) is 18.2 Å². The molecule has 1 aliphatic heterocycles. The van der Waals surface area contributed by atoms with Crippen molar-refractivity contribution in [2.45, 2.75) is 19.3 Å². The van der Waals surface area contributed by atoms with Crippen LogP contribution in [0, 0.1) is 5.92 Å². The van der Waals surface area contributed by atoms with Gasteiger partial charge >= 0.3 is 0 Å². The molecule has 0 spiro atoms. The third kappa shape index (κ3) is 3.45. The third-order valence-electron chi connectivity index (χ3n) is 4.15. The molecule has 1 saturated heterocycles. The second kappa shape index (κ2) is 6.76. The van der Waals surface area contributed by atoms with Crippen LogP contribution < -0.4 is 10.2 Å². The van der Waals surface area contributed by atoms with Crippen LogP contribution in [-0.4, -0.2) is 32.2 Å². The number of nitrogens with one attached hydrogen (secondary N) is 1. The number of hydrogen-bond donors (Lipinski definition) is 1. The molecule has 0 saturated carbocycles. The number of allylic oxidation sites excluding steroid dienone is 2. The molecule has 1 amide bonds. The maximum absolute atomic E-state index is 12.4. The summed E-state index contributed by atoms with van der Waals surface area (Å²) in [5.41, 5.74) is 2.01. The Morgan fingerprint density at radius 3 is 2.76 bits per heavy atom. The van der Waals surface area contributed by atoms with Crippen molar-refractivity contribution >= 4 is 17.3 Å². The molecule has 1 heterocycles. The van der Waals surface area contributed by atoms with Crippen LogP contribution in [-0.2, 0) is 9.53 Å². The number of morpholine rings is 1. The molecule has 1 N–H and O–H groups in total. The van der Waals surface area contributed by atoms with Crippen molar-refractivity contribution in [3.05, 3.63) is 36.4 Å². The van der Waals surface area contributed by atoms with Gasteiger partial charge in [-0.05, 0) is 31.4 Å². The zero-order valence-electron chi connectivity index (χ0n) is 12.3. The molecule has 4 heteroatoms. The number of carbonyl (C=O) groups excluding carboxylic acids is 1. The van der Waals surface area contributed by atoms with E-state index in [0.717, 1.165) is 56.9 Å². The number of benzene rings is 1. The van der Waals surface area contributed by atoms with Crippen LogP contribution in [0.1, 0.15) is 19.3 Å². The topological polar surface area (TPSA) is 41.6 Å². The lowest BCUT2D eigenvalue weighted by molar-refractivity contribution is -0.120. The Morgan fingerprint density at radius 1 is 1.19 bits per heavy atom. The predicted octanol–water partition coefficient (Wildman–Crippen LogP) is 2.82. The SMILES string of the molecule is O=C(Nc1ccccc1N1CCOCC1)[C@H]1CC=CCC1. The molecule has 112 valence electrons. The van der Waals surface area contributed by atoms with E-state index in [1.54, 1.807) is 0 Å². The quantitative estimate of drug-likeness (QED) is 0.869. The van der Waals surface area contributed by atoms with Gasteiger partial charge in [-0.15, -0.1) is 0 Å². The number of nitrogens with zero attached hydrogens (tertiary/aromatic N) is 1. The molecule has 1 fully saturated rings. The van der Waals surface area contributed by atoms with E-state index in [-0.39, 0.29) is 11.8 Å². The second-order valence-corrected chi connectivity index (χ2v) is 5.59. The van der Waals surface area contributed by atoms with Crippen molar-refractivity contribution in [3.63, 3.8) is 0 Å². The average Bonchev–Trinajstić information content (AvgIpc) is 2.57. The Morgan fingerprint density at radius 2 is 2.00 bits per heavy atom. The molecule has 2 aliphatic rings. The minimum absolute atomic E-state index is 0.104. The van der Waals surface area contributed by atoms with E-state index >= 15 is 0 Å². The van der Waals surface area contributed by atoms with Gasteiger partial charge in [0, 0.05) is 19.0 Å². The summed E-state index contributed by atoms with van der Waals surface area (Å²) in [4.78, 5) is 14.7. The van der Waals surface area contributed by atoms with Gasteiger partial charge < -0.3 is 15.0 Å². The fourth-order valence-electron chi connectivity index (χ4n) is 2.93. The smallest absolute Gasteiger partial charge is 0.227 e. The van der Waals surface area contributed by atoms with E-state index in [1.165, 1.54) is 0 Å². The largest absolute Gasteiger partial charge is 0.378 e. The average molecular weight is 286 g/mol.